The summed E-state index contributed by atoms with van der Waals surface area (Å²) in [4.78, 5) is 29.7. The van der Waals surface area contributed by atoms with Gasteiger partial charge in [-0.05, 0) is 26.8 Å². The number of rotatable bonds is 6. The van der Waals surface area contributed by atoms with Crippen molar-refractivity contribution in [1.82, 2.24) is 29.9 Å². The Balaban J connectivity index is 1.50. The monoisotopic (exact) mass is 415 g/mol. The molecular formula is C19H25N7O4. The number of aromatic nitrogens is 5. The van der Waals surface area contributed by atoms with Crippen LogP contribution in [0, 0.1) is 6.92 Å². The molecule has 160 valence electrons. The van der Waals surface area contributed by atoms with E-state index in [1.165, 1.54) is 10.9 Å². The van der Waals surface area contributed by atoms with E-state index in [2.05, 4.69) is 30.5 Å². The van der Waals surface area contributed by atoms with Gasteiger partial charge in [0.25, 0.3) is 5.91 Å². The number of hydrogen-bond acceptors (Lipinski definition) is 7. The van der Waals surface area contributed by atoms with Gasteiger partial charge in [0.05, 0.1) is 31.1 Å². The highest BCUT2D eigenvalue weighted by Gasteiger charge is 2.21. The third kappa shape index (κ3) is 4.07. The number of ether oxygens (including phenoxy) is 1. The number of carbonyl (C=O) groups excluding carboxylic acids is 1. The molecule has 0 saturated carbocycles. The number of furan rings is 1. The van der Waals surface area contributed by atoms with Gasteiger partial charge in [-0.1, -0.05) is 0 Å². The molecule has 3 aromatic heterocycles. The number of carbonyl (C=O) groups is 1. The van der Waals surface area contributed by atoms with Crippen LogP contribution >= 0.6 is 0 Å². The van der Waals surface area contributed by atoms with Gasteiger partial charge in [0, 0.05) is 25.2 Å². The zero-order valence-electron chi connectivity index (χ0n) is 17.2. The lowest BCUT2D eigenvalue weighted by Crippen LogP contribution is -2.35. The van der Waals surface area contributed by atoms with Crippen molar-refractivity contribution in [2.75, 3.05) is 31.6 Å². The minimum absolute atomic E-state index is 0.0977. The van der Waals surface area contributed by atoms with Crippen molar-refractivity contribution in [2.45, 2.75) is 33.4 Å². The summed E-state index contributed by atoms with van der Waals surface area (Å²) in [5.74, 6) is 0.813. The zero-order chi connectivity index (χ0) is 21.3. The van der Waals surface area contributed by atoms with E-state index in [9.17, 15) is 9.59 Å². The van der Waals surface area contributed by atoms with Gasteiger partial charge < -0.3 is 14.5 Å². The molecule has 0 atom stereocenters. The maximum atomic E-state index is 12.8. The van der Waals surface area contributed by atoms with E-state index >= 15 is 0 Å². The number of aromatic amines is 2. The highest BCUT2D eigenvalue weighted by Crippen LogP contribution is 2.24. The fourth-order valence-corrected chi connectivity index (χ4v) is 3.33. The fourth-order valence-electron chi connectivity index (χ4n) is 3.33. The lowest BCUT2D eigenvalue weighted by Gasteiger charge is -2.26. The Bertz CT molecular complexity index is 1080. The van der Waals surface area contributed by atoms with Gasteiger partial charge in [-0.3, -0.25) is 19.8 Å². The van der Waals surface area contributed by atoms with Crippen LogP contribution in [-0.4, -0.2) is 62.1 Å². The van der Waals surface area contributed by atoms with Crippen LogP contribution in [0.1, 0.15) is 41.8 Å². The second-order valence-corrected chi connectivity index (χ2v) is 7.51. The second kappa shape index (κ2) is 8.28. The molecular weight excluding hydrogens is 390 g/mol. The van der Waals surface area contributed by atoms with Crippen molar-refractivity contribution >= 4 is 11.6 Å². The minimum Gasteiger partial charge on any atom is -0.456 e. The smallest absolute Gasteiger partial charge is 0.343 e. The third-order valence-corrected chi connectivity index (χ3v) is 5.00. The van der Waals surface area contributed by atoms with Crippen molar-refractivity contribution in [3.8, 4) is 11.5 Å². The van der Waals surface area contributed by atoms with Gasteiger partial charge in [0.2, 0.25) is 0 Å². The lowest BCUT2D eigenvalue weighted by molar-refractivity contribution is 0.0340. The van der Waals surface area contributed by atoms with Crippen LogP contribution in [0.4, 0.5) is 5.69 Å². The molecule has 1 fully saturated rings. The maximum absolute atomic E-state index is 12.8. The first-order chi connectivity index (χ1) is 14.4. The van der Waals surface area contributed by atoms with E-state index in [1.807, 2.05) is 20.8 Å². The van der Waals surface area contributed by atoms with E-state index in [1.54, 1.807) is 6.07 Å². The SMILES string of the molecule is Cc1oc(C(=O)Nc2cn[nH]c2-c2nn(C(C)C)c(=O)[nH]2)cc1CN1CCOCC1. The van der Waals surface area contributed by atoms with E-state index < -0.39 is 5.91 Å². The minimum atomic E-state index is -0.403. The highest BCUT2D eigenvalue weighted by atomic mass is 16.5. The van der Waals surface area contributed by atoms with Crippen LogP contribution in [0.3, 0.4) is 0 Å². The molecule has 0 aliphatic carbocycles. The molecule has 30 heavy (non-hydrogen) atoms. The summed E-state index contributed by atoms with van der Waals surface area (Å²) in [5, 5.41) is 13.8. The molecule has 3 N–H and O–H groups in total. The maximum Gasteiger partial charge on any atom is 0.343 e. The van der Waals surface area contributed by atoms with Crippen LogP contribution in [0.15, 0.2) is 21.5 Å². The lowest BCUT2D eigenvalue weighted by atomic mass is 10.2. The second-order valence-electron chi connectivity index (χ2n) is 7.51. The largest absolute Gasteiger partial charge is 0.456 e. The van der Waals surface area contributed by atoms with Crippen LogP contribution in [-0.2, 0) is 11.3 Å². The number of H-pyrrole nitrogens is 2. The Labute approximate surface area is 172 Å². The third-order valence-electron chi connectivity index (χ3n) is 5.00. The predicted molar refractivity (Wildman–Crippen MR) is 108 cm³/mol. The number of hydrogen-bond donors (Lipinski definition) is 3. The number of anilines is 1. The number of morpholine rings is 1. The average molecular weight is 415 g/mol. The number of aryl methyl sites for hydroxylation is 1. The average Bonchev–Trinajstić information content (AvgIpc) is 3.42. The normalized spacial score (nSPS) is 15.1. The molecule has 11 nitrogen and oxygen atoms in total. The zero-order valence-corrected chi connectivity index (χ0v) is 17.2. The number of nitrogens with one attached hydrogen (secondary N) is 3. The molecule has 4 heterocycles. The Kier molecular flexibility index (Phi) is 5.55. The van der Waals surface area contributed by atoms with E-state index in [0.717, 1.165) is 18.7 Å². The molecule has 3 aromatic rings. The molecule has 0 radical (unpaired) electrons. The van der Waals surface area contributed by atoms with E-state index in [0.29, 0.717) is 42.7 Å². The van der Waals surface area contributed by atoms with Gasteiger partial charge in [0.15, 0.2) is 11.6 Å². The molecule has 1 aliphatic rings. The van der Waals surface area contributed by atoms with Crippen LogP contribution in [0.2, 0.25) is 0 Å². The van der Waals surface area contributed by atoms with Gasteiger partial charge in [0.1, 0.15) is 11.5 Å². The number of nitrogens with zero attached hydrogens (tertiary/aromatic N) is 4. The molecule has 0 aromatic carbocycles. The number of amides is 1. The molecule has 0 unspecified atom stereocenters. The van der Waals surface area contributed by atoms with Crippen LogP contribution < -0.4 is 11.0 Å². The quantitative estimate of drug-likeness (QED) is 0.556. The highest BCUT2D eigenvalue weighted by molar-refractivity contribution is 6.04. The van der Waals surface area contributed by atoms with Crippen molar-refractivity contribution in [1.29, 1.82) is 0 Å². The van der Waals surface area contributed by atoms with Gasteiger partial charge in [-0.2, -0.15) is 5.10 Å². The van der Waals surface area contributed by atoms with Crippen molar-refractivity contribution in [3.05, 3.63) is 39.8 Å². The molecule has 1 amide bonds. The Hall–Kier alpha value is -3.18. The summed E-state index contributed by atoms with van der Waals surface area (Å²) in [6.07, 6.45) is 1.46. The summed E-state index contributed by atoms with van der Waals surface area (Å²) in [7, 11) is 0. The Morgan fingerprint density at radius 1 is 1.33 bits per heavy atom. The first-order valence-electron chi connectivity index (χ1n) is 9.85. The molecule has 1 aliphatic heterocycles. The summed E-state index contributed by atoms with van der Waals surface area (Å²) >= 11 is 0. The summed E-state index contributed by atoms with van der Waals surface area (Å²) in [6, 6.07) is 1.66. The summed E-state index contributed by atoms with van der Waals surface area (Å²) in [5.41, 5.74) is 1.45. The van der Waals surface area contributed by atoms with Crippen molar-refractivity contribution < 1.29 is 13.9 Å². The van der Waals surface area contributed by atoms with Gasteiger partial charge in [-0.15, -0.1) is 5.10 Å². The van der Waals surface area contributed by atoms with E-state index in [-0.39, 0.29) is 17.5 Å². The molecule has 0 spiro atoms. The van der Waals surface area contributed by atoms with Crippen molar-refractivity contribution in [2.24, 2.45) is 0 Å². The van der Waals surface area contributed by atoms with E-state index in [4.69, 9.17) is 9.15 Å². The summed E-state index contributed by atoms with van der Waals surface area (Å²) in [6.45, 7) is 9.39. The molecule has 0 bridgehead atoms. The molecule has 1 saturated heterocycles. The molecule has 11 heteroatoms. The first-order valence-corrected chi connectivity index (χ1v) is 9.85. The first kappa shape index (κ1) is 20.1. The summed E-state index contributed by atoms with van der Waals surface area (Å²) < 4.78 is 12.4. The van der Waals surface area contributed by atoms with Gasteiger partial charge >= 0.3 is 5.69 Å². The van der Waals surface area contributed by atoms with Crippen molar-refractivity contribution in [3.63, 3.8) is 0 Å². The van der Waals surface area contributed by atoms with Crippen LogP contribution in [0.25, 0.3) is 11.5 Å². The fraction of sp³-hybridized carbons (Fsp3) is 0.474. The topological polar surface area (TPSA) is 134 Å². The van der Waals surface area contributed by atoms with Crippen LogP contribution in [0.5, 0.6) is 0 Å². The standard InChI is InChI=1S/C19H25N7O4/c1-11(2)26-19(28)22-17(24-26)16-14(9-20-23-16)21-18(27)15-8-13(12(3)30-15)10-25-4-6-29-7-5-25/h8-9,11H,4-7,10H2,1-3H3,(H,20,23)(H,21,27)(H,22,24,28). The Morgan fingerprint density at radius 2 is 2.10 bits per heavy atom. The Morgan fingerprint density at radius 3 is 2.80 bits per heavy atom. The molecule has 4 rings (SSSR count). The predicted octanol–water partition coefficient (Wildman–Crippen LogP) is 1.53. The van der Waals surface area contributed by atoms with Gasteiger partial charge in [-0.25, -0.2) is 9.48 Å².